The maximum absolute atomic E-state index is 12.5. The quantitative estimate of drug-likeness (QED) is 0.914. The maximum Gasteiger partial charge on any atom is 0.270 e. The van der Waals surface area contributed by atoms with Crippen molar-refractivity contribution in [2.45, 2.75) is 26.4 Å². The number of aryl methyl sites for hydroxylation is 1. The van der Waals surface area contributed by atoms with Gasteiger partial charge in [0.2, 0.25) is 0 Å². The van der Waals surface area contributed by atoms with Crippen molar-refractivity contribution in [3.63, 3.8) is 0 Å². The van der Waals surface area contributed by atoms with E-state index >= 15 is 0 Å². The van der Waals surface area contributed by atoms with Gasteiger partial charge in [0.05, 0.1) is 16.8 Å². The van der Waals surface area contributed by atoms with Gasteiger partial charge in [-0.1, -0.05) is 0 Å². The van der Waals surface area contributed by atoms with E-state index in [9.17, 15) is 9.90 Å². The number of aliphatic hydroxyl groups excluding tert-OH is 1. The number of carbonyl (C=O) groups excluding carboxylic acids is 1. The number of hydrogen-bond donors (Lipinski definition) is 2. The molecule has 0 aromatic carbocycles. The number of aromatic nitrogens is 2. The third-order valence-electron chi connectivity index (χ3n) is 4.02. The first kappa shape index (κ1) is 14.3. The molecule has 2 aromatic heterocycles. The molecule has 112 valence electrons. The van der Waals surface area contributed by atoms with Crippen molar-refractivity contribution in [3.05, 3.63) is 28.3 Å². The Bertz CT molecular complexity index is 647. The van der Waals surface area contributed by atoms with Gasteiger partial charge in [0.15, 0.2) is 0 Å². The van der Waals surface area contributed by atoms with E-state index < -0.39 is 0 Å². The highest BCUT2D eigenvalue weighted by Gasteiger charge is 2.30. The first-order valence-corrected chi connectivity index (χ1v) is 8.01. The van der Waals surface area contributed by atoms with Crippen LogP contribution in [0.25, 0.3) is 11.3 Å². The maximum atomic E-state index is 12.5. The van der Waals surface area contributed by atoms with E-state index in [1.54, 1.807) is 23.2 Å². The number of hydrogen-bond acceptors (Lipinski definition) is 4. The van der Waals surface area contributed by atoms with E-state index in [-0.39, 0.29) is 17.9 Å². The van der Waals surface area contributed by atoms with Gasteiger partial charge in [0.25, 0.3) is 5.91 Å². The zero-order valence-corrected chi connectivity index (χ0v) is 13.0. The number of aliphatic hydroxyl groups is 1. The van der Waals surface area contributed by atoms with Crippen LogP contribution in [0.4, 0.5) is 0 Å². The molecular formula is C15H19N3O2S. The summed E-state index contributed by atoms with van der Waals surface area (Å²) in [5.41, 5.74) is 2.42. The van der Waals surface area contributed by atoms with Crippen LogP contribution in [0, 0.1) is 12.8 Å². The molecule has 2 atom stereocenters. The summed E-state index contributed by atoms with van der Waals surface area (Å²) in [6.07, 6.45) is 2.33. The SMILES string of the molecule is Cc1nc(-c2c[nH]c(C(=O)N3CCC(C(C)O)C3)c2)cs1. The molecule has 2 aromatic rings. The Morgan fingerprint density at radius 1 is 1.62 bits per heavy atom. The third-order valence-corrected chi connectivity index (χ3v) is 4.80. The van der Waals surface area contributed by atoms with Crippen LogP contribution in [0.15, 0.2) is 17.6 Å². The molecule has 0 spiro atoms. The summed E-state index contributed by atoms with van der Waals surface area (Å²) in [6.45, 7) is 5.09. The molecule has 0 saturated carbocycles. The molecule has 3 rings (SSSR count). The summed E-state index contributed by atoms with van der Waals surface area (Å²) in [5, 5.41) is 12.6. The fourth-order valence-corrected chi connectivity index (χ4v) is 3.32. The van der Waals surface area contributed by atoms with Crippen LogP contribution in [-0.4, -0.2) is 45.1 Å². The Labute approximate surface area is 127 Å². The normalized spacial score (nSPS) is 20.0. The van der Waals surface area contributed by atoms with Gasteiger partial charge in [-0.15, -0.1) is 11.3 Å². The van der Waals surface area contributed by atoms with E-state index in [1.165, 1.54) is 0 Å². The average Bonchev–Trinajstić information content (AvgIpc) is 3.17. The predicted molar refractivity (Wildman–Crippen MR) is 82.3 cm³/mol. The van der Waals surface area contributed by atoms with Crippen molar-refractivity contribution in [2.24, 2.45) is 5.92 Å². The van der Waals surface area contributed by atoms with Gasteiger partial charge in [0, 0.05) is 36.1 Å². The third kappa shape index (κ3) is 2.87. The van der Waals surface area contributed by atoms with Gasteiger partial charge in [-0.3, -0.25) is 4.79 Å². The summed E-state index contributed by atoms with van der Waals surface area (Å²) >= 11 is 1.60. The number of nitrogens with zero attached hydrogens (tertiary/aromatic N) is 2. The van der Waals surface area contributed by atoms with Crippen LogP contribution in [0.1, 0.15) is 28.8 Å². The largest absolute Gasteiger partial charge is 0.393 e. The molecule has 0 radical (unpaired) electrons. The number of aromatic amines is 1. The summed E-state index contributed by atoms with van der Waals surface area (Å²) in [5.74, 6) is 0.181. The number of H-pyrrole nitrogens is 1. The molecule has 1 aliphatic heterocycles. The standard InChI is InChI=1S/C15H19N3O2S/c1-9(19)11-3-4-18(7-11)15(20)13-5-12(6-16-13)14-8-21-10(2)17-14/h5-6,8-9,11,16,19H,3-4,7H2,1-2H3. The number of rotatable bonds is 3. The summed E-state index contributed by atoms with van der Waals surface area (Å²) in [6, 6.07) is 1.85. The van der Waals surface area contributed by atoms with Crippen molar-refractivity contribution in [3.8, 4) is 11.3 Å². The monoisotopic (exact) mass is 305 g/mol. The molecule has 6 heteroatoms. The highest BCUT2D eigenvalue weighted by Crippen LogP contribution is 2.25. The van der Waals surface area contributed by atoms with E-state index in [4.69, 9.17) is 0 Å². The zero-order chi connectivity index (χ0) is 15.0. The van der Waals surface area contributed by atoms with Gasteiger partial charge < -0.3 is 15.0 Å². The Morgan fingerprint density at radius 3 is 3.05 bits per heavy atom. The minimum atomic E-state index is -0.361. The fraction of sp³-hybridized carbons (Fsp3) is 0.467. The van der Waals surface area contributed by atoms with Crippen molar-refractivity contribution in [2.75, 3.05) is 13.1 Å². The van der Waals surface area contributed by atoms with Gasteiger partial charge in [-0.05, 0) is 26.3 Å². The first-order valence-electron chi connectivity index (χ1n) is 7.13. The number of likely N-dealkylation sites (tertiary alicyclic amines) is 1. The van der Waals surface area contributed by atoms with E-state index in [0.29, 0.717) is 18.8 Å². The second-order valence-electron chi connectivity index (χ2n) is 5.59. The topological polar surface area (TPSA) is 69.2 Å². The van der Waals surface area contributed by atoms with Crippen LogP contribution in [0.2, 0.25) is 0 Å². The first-order chi connectivity index (χ1) is 10.0. The molecule has 1 aliphatic rings. The van der Waals surface area contributed by atoms with Crippen LogP contribution in [0.5, 0.6) is 0 Å². The van der Waals surface area contributed by atoms with Gasteiger partial charge in [-0.2, -0.15) is 0 Å². The number of nitrogens with one attached hydrogen (secondary N) is 1. The molecule has 1 fully saturated rings. The summed E-state index contributed by atoms with van der Waals surface area (Å²) in [7, 11) is 0. The molecule has 1 saturated heterocycles. The smallest absolute Gasteiger partial charge is 0.270 e. The van der Waals surface area contributed by atoms with Crippen molar-refractivity contribution in [1.29, 1.82) is 0 Å². The lowest BCUT2D eigenvalue weighted by atomic mass is 10.0. The molecular weight excluding hydrogens is 286 g/mol. The number of carbonyl (C=O) groups is 1. The van der Waals surface area contributed by atoms with Gasteiger partial charge in [-0.25, -0.2) is 4.98 Å². The molecule has 0 bridgehead atoms. The second-order valence-corrected chi connectivity index (χ2v) is 6.66. The molecule has 1 amide bonds. The molecule has 3 heterocycles. The van der Waals surface area contributed by atoms with E-state index in [0.717, 1.165) is 22.7 Å². The lowest BCUT2D eigenvalue weighted by Crippen LogP contribution is -2.30. The fourth-order valence-electron chi connectivity index (χ4n) is 2.70. The lowest BCUT2D eigenvalue weighted by Gasteiger charge is -2.16. The molecule has 2 unspecified atom stereocenters. The lowest BCUT2D eigenvalue weighted by molar-refractivity contribution is 0.0757. The second kappa shape index (κ2) is 5.61. The Morgan fingerprint density at radius 2 is 2.43 bits per heavy atom. The Balaban J connectivity index is 1.73. The molecule has 5 nitrogen and oxygen atoms in total. The number of thiazole rings is 1. The number of amides is 1. The Hall–Kier alpha value is -1.66. The van der Waals surface area contributed by atoms with Gasteiger partial charge in [0.1, 0.15) is 5.69 Å². The molecule has 0 aliphatic carbocycles. The highest BCUT2D eigenvalue weighted by atomic mass is 32.1. The summed E-state index contributed by atoms with van der Waals surface area (Å²) < 4.78 is 0. The van der Waals surface area contributed by atoms with E-state index in [1.807, 2.05) is 24.6 Å². The Kier molecular flexibility index (Phi) is 3.82. The zero-order valence-electron chi connectivity index (χ0n) is 12.2. The average molecular weight is 305 g/mol. The van der Waals surface area contributed by atoms with Crippen molar-refractivity contribution >= 4 is 17.2 Å². The van der Waals surface area contributed by atoms with Crippen molar-refractivity contribution in [1.82, 2.24) is 14.9 Å². The van der Waals surface area contributed by atoms with E-state index in [2.05, 4.69) is 9.97 Å². The predicted octanol–water partition coefficient (Wildman–Crippen LogP) is 2.29. The van der Waals surface area contributed by atoms with Gasteiger partial charge >= 0.3 is 0 Å². The summed E-state index contributed by atoms with van der Waals surface area (Å²) in [4.78, 5) is 21.7. The minimum Gasteiger partial charge on any atom is -0.393 e. The van der Waals surface area contributed by atoms with Crippen LogP contribution < -0.4 is 0 Å². The van der Waals surface area contributed by atoms with Crippen LogP contribution in [-0.2, 0) is 0 Å². The highest BCUT2D eigenvalue weighted by molar-refractivity contribution is 7.09. The minimum absolute atomic E-state index is 0.00338. The van der Waals surface area contributed by atoms with Crippen LogP contribution in [0.3, 0.4) is 0 Å². The van der Waals surface area contributed by atoms with Crippen molar-refractivity contribution < 1.29 is 9.90 Å². The molecule has 2 N–H and O–H groups in total. The van der Waals surface area contributed by atoms with Crippen LogP contribution >= 0.6 is 11.3 Å². The molecule has 21 heavy (non-hydrogen) atoms.